The summed E-state index contributed by atoms with van der Waals surface area (Å²) in [5.41, 5.74) is 1.74. The van der Waals surface area contributed by atoms with Gasteiger partial charge in [0.05, 0.1) is 22.0 Å². The average Bonchev–Trinajstić information content (AvgIpc) is 3.38. The maximum Gasteiger partial charge on any atom is 0.303 e. The molecule has 6 rings (SSSR count). The third-order valence-corrected chi connectivity index (χ3v) is 16.0. The molecule has 0 bridgehead atoms. The molecule has 1 N–H and O–H groups in total. The van der Waals surface area contributed by atoms with Crippen molar-refractivity contribution < 1.29 is 35.1 Å². The molecule has 1 unspecified atom stereocenters. The Bertz CT molecular complexity index is 1700. The number of carboxylic acids is 1. The second kappa shape index (κ2) is 13.1. The van der Waals surface area contributed by atoms with E-state index in [4.69, 9.17) is 8.37 Å². The zero-order valence-electron chi connectivity index (χ0n) is 28.9. The monoisotopic (exact) mass is 700 g/mol. The zero-order chi connectivity index (χ0) is 34.6. The lowest BCUT2D eigenvalue weighted by Gasteiger charge is -2.62. The first kappa shape index (κ1) is 35.6. The predicted octanol–water partition coefficient (Wildman–Crippen LogP) is 7.92. The third kappa shape index (κ3) is 6.63. The first-order valence-electron chi connectivity index (χ1n) is 17.8. The SMILES string of the molecule is Cc1ccc(S(=O)(=O)O[C@@H]2CC[C@@]3(C)C(C2)[C@@H](OS(=O)(=O)c2ccc(C)cc2)C[C@H]2[C@@H]4CC[C@H]([C@H](C)CCC(=O)O)[C@@]4(C)CC[C@@H]23)cc1. The molecule has 0 radical (unpaired) electrons. The van der Waals surface area contributed by atoms with Gasteiger partial charge in [-0.05, 0) is 142 Å². The molecule has 4 aliphatic carbocycles. The second-order valence-electron chi connectivity index (χ2n) is 16.0. The molecule has 0 amide bonds. The van der Waals surface area contributed by atoms with E-state index >= 15 is 0 Å². The number of carboxylic acid groups (broad SMARTS) is 1. The summed E-state index contributed by atoms with van der Waals surface area (Å²) >= 11 is 0. The molecule has 4 saturated carbocycles. The van der Waals surface area contributed by atoms with Crippen LogP contribution in [0.2, 0.25) is 0 Å². The van der Waals surface area contributed by atoms with E-state index in [0.717, 1.165) is 43.2 Å². The second-order valence-corrected chi connectivity index (χ2v) is 19.2. The first-order valence-corrected chi connectivity index (χ1v) is 20.6. The fourth-order valence-electron chi connectivity index (χ4n) is 10.8. The summed E-state index contributed by atoms with van der Waals surface area (Å²) in [4.78, 5) is 11.6. The van der Waals surface area contributed by atoms with Crippen LogP contribution < -0.4 is 0 Å². The van der Waals surface area contributed by atoms with Gasteiger partial charge in [0.1, 0.15) is 0 Å². The maximum absolute atomic E-state index is 13.8. The topological polar surface area (TPSA) is 124 Å². The Morgan fingerprint density at radius 3 is 1.90 bits per heavy atom. The molecule has 10 atom stereocenters. The Balaban J connectivity index is 1.30. The Morgan fingerprint density at radius 1 is 0.771 bits per heavy atom. The molecule has 10 heteroatoms. The van der Waals surface area contributed by atoms with Gasteiger partial charge >= 0.3 is 5.97 Å². The molecular formula is C38H52O8S2. The van der Waals surface area contributed by atoms with Crippen molar-refractivity contribution in [2.24, 2.45) is 46.3 Å². The van der Waals surface area contributed by atoms with Crippen LogP contribution in [0.3, 0.4) is 0 Å². The number of aryl methyl sites for hydroxylation is 2. The number of aliphatic carboxylic acids is 1. The first-order chi connectivity index (χ1) is 22.5. The molecule has 0 spiro atoms. The largest absolute Gasteiger partial charge is 0.481 e. The quantitative estimate of drug-likeness (QED) is 0.248. The van der Waals surface area contributed by atoms with Gasteiger partial charge in [-0.25, -0.2) is 0 Å². The Labute approximate surface area is 287 Å². The summed E-state index contributed by atoms with van der Waals surface area (Å²) in [5.74, 6) is 0.825. The van der Waals surface area contributed by atoms with Crippen LogP contribution in [0, 0.1) is 60.2 Å². The van der Waals surface area contributed by atoms with Crippen molar-refractivity contribution in [2.75, 3.05) is 0 Å². The minimum atomic E-state index is -4.08. The molecular weight excluding hydrogens is 649 g/mol. The molecule has 0 heterocycles. The normalized spacial score (nSPS) is 35.6. The van der Waals surface area contributed by atoms with Crippen LogP contribution in [-0.2, 0) is 33.4 Å². The molecule has 8 nitrogen and oxygen atoms in total. The highest BCUT2D eigenvalue weighted by Crippen LogP contribution is 2.69. The van der Waals surface area contributed by atoms with Crippen molar-refractivity contribution in [2.45, 2.75) is 121 Å². The van der Waals surface area contributed by atoms with E-state index in [9.17, 15) is 26.7 Å². The standard InChI is InChI=1S/C38H52O8S2/c1-24-6-11-28(12-7-24)47(41,42)45-27-18-20-38(5)33-19-21-37(4)31(26(3)10-17-36(39)40)15-16-32(37)30(33)23-35(34(38)22-27)46-48(43,44)29-13-8-25(2)9-14-29/h6-9,11-14,26-27,30-35H,10,15-23H2,1-5H3,(H,39,40)/t26-,27-,30+,31-,32+,33+,34?,35+,37-,38-/m1/s1. The van der Waals surface area contributed by atoms with E-state index in [-0.39, 0.29) is 38.9 Å². The summed E-state index contributed by atoms with van der Waals surface area (Å²) < 4.78 is 66.6. The summed E-state index contributed by atoms with van der Waals surface area (Å²) in [6.45, 7) is 10.7. The van der Waals surface area contributed by atoms with Crippen LogP contribution in [0.4, 0.5) is 0 Å². The van der Waals surface area contributed by atoms with E-state index < -0.39 is 38.4 Å². The molecule has 0 aromatic heterocycles. The Kier molecular flexibility index (Phi) is 9.72. The van der Waals surface area contributed by atoms with E-state index in [2.05, 4.69) is 20.8 Å². The van der Waals surface area contributed by atoms with Gasteiger partial charge in [0, 0.05) is 6.42 Å². The molecule has 0 saturated heterocycles. The fourth-order valence-corrected chi connectivity index (χ4v) is 13.0. The maximum atomic E-state index is 13.8. The number of carbonyl (C=O) groups is 1. The number of fused-ring (bicyclic) bond motifs is 5. The zero-order valence-corrected chi connectivity index (χ0v) is 30.6. The molecule has 4 aliphatic rings. The summed E-state index contributed by atoms with van der Waals surface area (Å²) in [5, 5.41) is 9.36. The van der Waals surface area contributed by atoms with Crippen LogP contribution in [0.25, 0.3) is 0 Å². The minimum Gasteiger partial charge on any atom is -0.481 e. The molecule has 48 heavy (non-hydrogen) atoms. The van der Waals surface area contributed by atoms with Gasteiger partial charge in [-0.15, -0.1) is 0 Å². The van der Waals surface area contributed by atoms with Gasteiger partial charge in [-0.3, -0.25) is 13.2 Å². The highest BCUT2D eigenvalue weighted by atomic mass is 32.2. The van der Waals surface area contributed by atoms with Crippen LogP contribution in [0.1, 0.15) is 96.1 Å². The van der Waals surface area contributed by atoms with Gasteiger partial charge in [0.25, 0.3) is 20.2 Å². The van der Waals surface area contributed by atoms with Gasteiger partial charge in [0.15, 0.2) is 0 Å². The van der Waals surface area contributed by atoms with Crippen molar-refractivity contribution in [3.8, 4) is 0 Å². The highest BCUT2D eigenvalue weighted by Gasteiger charge is 2.63. The van der Waals surface area contributed by atoms with Crippen molar-refractivity contribution in [3.63, 3.8) is 0 Å². The Morgan fingerprint density at radius 2 is 1.31 bits per heavy atom. The highest BCUT2D eigenvalue weighted by molar-refractivity contribution is 7.87. The van der Waals surface area contributed by atoms with Crippen LogP contribution in [-0.4, -0.2) is 40.1 Å². The van der Waals surface area contributed by atoms with Gasteiger partial charge in [-0.2, -0.15) is 16.8 Å². The van der Waals surface area contributed by atoms with Crippen LogP contribution in [0.5, 0.6) is 0 Å². The van der Waals surface area contributed by atoms with Crippen LogP contribution >= 0.6 is 0 Å². The third-order valence-electron chi connectivity index (χ3n) is 13.3. The van der Waals surface area contributed by atoms with Gasteiger partial charge < -0.3 is 5.11 Å². The molecule has 2 aromatic rings. The smallest absolute Gasteiger partial charge is 0.303 e. The number of benzene rings is 2. The average molecular weight is 701 g/mol. The predicted molar refractivity (Wildman–Crippen MR) is 183 cm³/mol. The van der Waals surface area contributed by atoms with Gasteiger partial charge in [-0.1, -0.05) is 56.2 Å². The number of rotatable bonds is 10. The lowest BCUT2D eigenvalue weighted by Crippen LogP contribution is -2.59. The summed E-state index contributed by atoms with van der Waals surface area (Å²) in [6.07, 6.45) is 6.21. The Hall–Kier alpha value is -2.27. The number of hydrogen-bond donors (Lipinski definition) is 1. The van der Waals surface area contributed by atoms with Crippen molar-refractivity contribution in [1.29, 1.82) is 0 Å². The van der Waals surface area contributed by atoms with E-state index in [1.165, 1.54) is 0 Å². The molecule has 0 aliphatic heterocycles. The van der Waals surface area contributed by atoms with E-state index in [0.29, 0.717) is 49.4 Å². The number of hydrogen-bond acceptors (Lipinski definition) is 7. The molecule has 4 fully saturated rings. The van der Waals surface area contributed by atoms with Crippen molar-refractivity contribution in [1.82, 2.24) is 0 Å². The molecule has 2 aromatic carbocycles. The lowest BCUT2D eigenvalue weighted by atomic mass is 9.43. The summed E-state index contributed by atoms with van der Waals surface area (Å²) in [6, 6.07) is 13.4. The lowest BCUT2D eigenvalue weighted by molar-refractivity contribution is -0.163. The fraction of sp³-hybridized carbons (Fsp3) is 0.658. The van der Waals surface area contributed by atoms with Crippen LogP contribution in [0.15, 0.2) is 58.3 Å². The van der Waals surface area contributed by atoms with Crippen molar-refractivity contribution in [3.05, 3.63) is 59.7 Å². The van der Waals surface area contributed by atoms with Gasteiger partial charge in [0.2, 0.25) is 0 Å². The van der Waals surface area contributed by atoms with Crippen molar-refractivity contribution >= 4 is 26.2 Å². The van der Waals surface area contributed by atoms with E-state index in [1.807, 2.05) is 13.8 Å². The summed E-state index contributed by atoms with van der Waals surface area (Å²) in [7, 11) is -8.08. The van der Waals surface area contributed by atoms with E-state index in [1.54, 1.807) is 48.5 Å². The molecule has 264 valence electrons. The minimum absolute atomic E-state index is 0.0606.